The van der Waals surface area contributed by atoms with E-state index in [0.717, 1.165) is 38.2 Å². The molecule has 0 radical (unpaired) electrons. The maximum absolute atomic E-state index is 14.1. The number of amides is 2. The number of rotatable bonds is 4. The van der Waals surface area contributed by atoms with Crippen molar-refractivity contribution in [2.75, 3.05) is 42.5 Å². The summed E-state index contributed by atoms with van der Waals surface area (Å²) in [6.45, 7) is 8.48. The monoisotopic (exact) mass is 428 g/mol. The van der Waals surface area contributed by atoms with Gasteiger partial charge >= 0.3 is 6.03 Å². The smallest absolute Gasteiger partial charge is 0.322 e. The van der Waals surface area contributed by atoms with E-state index in [1.54, 1.807) is 23.1 Å². The van der Waals surface area contributed by atoms with E-state index in [4.69, 9.17) is 0 Å². The van der Waals surface area contributed by atoms with Gasteiger partial charge in [-0.1, -0.05) is 13.8 Å². The van der Waals surface area contributed by atoms with Gasteiger partial charge in [-0.2, -0.15) is 0 Å². The SMILES string of the molecule is CC(C)CN1CCC(NC(=O)N2CCN(c3ccc(F)cc3)c3cc(F)ccc32)CC1. The van der Waals surface area contributed by atoms with Crippen molar-refractivity contribution >= 4 is 23.1 Å². The van der Waals surface area contributed by atoms with Gasteiger partial charge in [0.2, 0.25) is 0 Å². The molecular formula is C24H30F2N4O. The molecule has 2 aromatic carbocycles. The van der Waals surface area contributed by atoms with Gasteiger partial charge in [0.15, 0.2) is 0 Å². The minimum atomic E-state index is -0.370. The molecule has 0 aromatic heterocycles. The van der Waals surface area contributed by atoms with Crippen LogP contribution in [-0.2, 0) is 0 Å². The van der Waals surface area contributed by atoms with Gasteiger partial charge in [-0.15, -0.1) is 0 Å². The predicted molar refractivity (Wildman–Crippen MR) is 120 cm³/mol. The lowest BCUT2D eigenvalue weighted by molar-refractivity contribution is 0.179. The molecule has 5 nitrogen and oxygen atoms in total. The van der Waals surface area contributed by atoms with Crippen LogP contribution in [0, 0.1) is 17.6 Å². The fourth-order valence-electron chi connectivity index (χ4n) is 4.51. The highest BCUT2D eigenvalue weighted by Gasteiger charge is 2.30. The summed E-state index contributed by atoms with van der Waals surface area (Å²) < 4.78 is 27.4. The van der Waals surface area contributed by atoms with Gasteiger partial charge in [0.25, 0.3) is 0 Å². The molecule has 1 saturated heterocycles. The summed E-state index contributed by atoms with van der Waals surface area (Å²) in [5.41, 5.74) is 2.04. The van der Waals surface area contributed by atoms with E-state index in [-0.39, 0.29) is 23.7 Å². The fourth-order valence-corrected chi connectivity index (χ4v) is 4.51. The number of nitrogens with one attached hydrogen (secondary N) is 1. The summed E-state index contributed by atoms with van der Waals surface area (Å²) >= 11 is 0. The molecule has 2 amide bonds. The van der Waals surface area contributed by atoms with E-state index in [1.165, 1.54) is 24.3 Å². The third-order valence-electron chi connectivity index (χ3n) is 5.99. The predicted octanol–water partition coefficient (Wildman–Crippen LogP) is 4.75. The Morgan fingerprint density at radius 1 is 0.968 bits per heavy atom. The van der Waals surface area contributed by atoms with E-state index < -0.39 is 0 Å². The van der Waals surface area contributed by atoms with Crippen LogP contribution >= 0.6 is 0 Å². The van der Waals surface area contributed by atoms with Crippen LogP contribution in [0.3, 0.4) is 0 Å². The van der Waals surface area contributed by atoms with Crippen molar-refractivity contribution in [3.63, 3.8) is 0 Å². The Bertz CT molecular complexity index is 910. The zero-order valence-electron chi connectivity index (χ0n) is 18.2. The second-order valence-electron chi connectivity index (χ2n) is 8.83. The van der Waals surface area contributed by atoms with Crippen molar-refractivity contribution in [3.8, 4) is 0 Å². The second kappa shape index (κ2) is 9.22. The van der Waals surface area contributed by atoms with Crippen LogP contribution in [0.4, 0.5) is 30.6 Å². The van der Waals surface area contributed by atoms with E-state index in [9.17, 15) is 13.6 Å². The van der Waals surface area contributed by atoms with Crippen LogP contribution < -0.4 is 15.1 Å². The first-order chi connectivity index (χ1) is 14.9. The van der Waals surface area contributed by atoms with Crippen molar-refractivity contribution in [1.29, 1.82) is 0 Å². The van der Waals surface area contributed by atoms with Crippen LogP contribution in [0.25, 0.3) is 0 Å². The quantitative estimate of drug-likeness (QED) is 0.764. The highest BCUT2D eigenvalue weighted by molar-refractivity contribution is 5.98. The molecule has 0 bridgehead atoms. The van der Waals surface area contributed by atoms with Gasteiger partial charge in [0, 0.05) is 44.5 Å². The number of benzene rings is 2. The molecule has 2 aliphatic rings. The molecule has 166 valence electrons. The van der Waals surface area contributed by atoms with Crippen molar-refractivity contribution in [1.82, 2.24) is 10.2 Å². The Morgan fingerprint density at radius 3 is 2.32 bits per heavy atom. The number of hydrogen-bond acceptors (Lipinski definition) is 3. The molecule has 1 N–H and O–H groups in total. The number of likely N-dealkylation sites (tertiary alicyclic amines) is 1. The van der Waals surface area contributed by atoms with E-state index in [0.29, 0.717) is 30.4 Å². The highest BCUT2D eigenvalue weighted by Crippen LogP contribution is 2.38. The van der Waals surface area contributed by atoms with Crippen LogP contribution in [0.2, 0.25) is 0 Å². The third kappa shape index (κ3) is 4.98. The standard InChI is InChI=1S/C24H30F2N4O/c1-17(2)16-28-11-9-20(10-12-28)27-24(31)30-14-13-29(21-6-3-18(25)4-7-21)23-15-19(26)5-8-22(23)30/h3-8,15,17,20H,9-14,16H2,1-2H3,(H,27,31). The molecule has 7 heteroatoms. The number of anilines is 3. The van der Waals surface area contributed by atoms with Crippen LogP contribution in [0.1, 0.15) is 26.7 Å². The number of nitrogens with zero attached hydrogens (tertiary/aromatic N) is 3. The average molecular weight is 429 g/mol. The van der Waals surface area contributed by atoms with Gasteiger partial charge in [0.05, 0.1) is 11.4 Å². The summed E-state index contributed by atoms with van der Waals surface area (Å²) in [7, 11) is 0. The van der Waals surface area contributed by atoms with Crippen LogP contribution in [-0.4, -0.2) is 49.7 Å². The number of piperidine rings is 1. The molecule has 0 saturated carbocycles. The third-order valence-corrected chi connectivity index (χ3v) is 5.99. The molecule has 0 unspecified atom stereocenters. The Labute approximate surface area is 182 Å². The van der Waals surface area contributed by atoms with Crippen LogP contribution in [0.15, 0.2) is 42.5 Å². The van der Waals surface area contributed by atoms with Gasteiger partial charge in [-0.05, 0) is 61.2 Å². The molecule has 4 rings (SSSR count). The van der Waals surface area contributed by atoms with Crippen molar-refractivity contribution < 1.29 is 13.6 Å². The number of halogens is 2. The molecule has 0 spiro atoms. The lowest BCUT2D eigenvalue weighted by atomic mass is 10.0. The maximum atomic E-state index is 14.1. The zero-order chi connectivity index (χ0) is 22.0. The maximum Gasteiger partial charge on any atom is 0.322 e. The molecule has 2 heterocycles. The van der Waals surface area contributed by atoms with E-state index in [2.05, 4.69) is 24.1 Å². The lowest BCUT2D eigenvalue weighted by Crippen LogP contribution is -2.52. The summed E-state index contributed by atoms with van der Waals surface area (Å²) in [6, 6.07) is 10.6. The number of urea groups is 1. The Kier molecular flexibility index (Phi) is 6.41. The largest absolute Gasteiger partial charge is 0.338 e. The Hall–Kier alpha value is -2.67. The Balaban J connectivity index is 1.47. The topological polar surface area (TPSA) is 38.8 Å². The van der Waals surface area contributed by atoms with E-state index >= 15 is 0 Å². The number of fused-ring (bicyclic) bond motifs is 1. The second-order valence-corrected chi connectivity index (χ2v) is 8.83. The van der Waals surface area contributed by atoms with Gasteiger partial charge in [-0.25, -0.2) is 13.6 Å². The van der Waals surface area contributed by atoms with Gasteiger partial charge < -0.3 is 15.1 Å². The first-order valence-electron chi connectivity index (χ1n) is 11.0. The Morgan fingerprint density at radius 2 is 1.65 bits per heavy atom. The molecule has 2 aliphatic heterocycles. The first-order valence-corrected chi connectivity index (χ1v) is 11.0. The normalized spacial score (nSPS) is 17.7. The molecule has 2 aromatic rings. The first kappa shape index (κ1) is 21.6. The number of carbonyl (C=O) groups excluding carboxylic acids is 1. The summed E-state index contributed by atoms with van der Waals surface area (Å²) in [4.78, 5) is 19.2. The lowest BCUT2D eigenvalue weighted by Gasteiger charge is -2.39. The highest BCUT2D eigenvalue weighted by atomic mass is 19.1. The van der Waals surface area contributed by atoms with Gasteiger partial charge in [0.1, 0.15) is 11.6 Å². The van der Waals surface area contributed by atoms with Crippen molar-refractivity contribution in [2.24, 2.45) is 5.92 Å². The average Bonchev–Trinajstić information content (AvgIpc) is 2.74. The molecule has 0 aliphatic carbocycles. The zero-order valence-corrected chi connectivity index (χ0v) is 18.2. The molecule has 0 atom stereocenters. The molecular weight excluding hydrogens is 398 g/mol. The number of hydrogen-bond donors (Lipinski definition) is 1. The number of carbonyl (C=O) groups is 1. The summed E-state index contributed by atoms with van der Waals surface area (Å²) in [5, 5.41) is 3.18. The fraction of sp³-hybridized carbons (Fsp3) is 0.458. The van der Waals surface area contributed by atoms with Gasteiger partial charge in [-0.3, -0.25) is 4.90 Å². The summed E-state index contributed by atoms with van der Waals surface area (Å²) in [6.07, 6.45) is 1.87. The van der Waals surface area contributed by atoms with Crippen molar-refractivity contribution in [2.45, 2.75) is 32.7 Å². The molecule has 31 heavy (non-hydrogen) atoms. The minimum absolute atomic E-state index is 0.145. The van der Waals surface area contributed by atoms with Crippen molar-refractivity contribution in [3.05, 3.63) is 54.1 Å². The summed E-state index contributed by atoms with van der Waals surface area (Å²) in [5.74, 6) is -0.0493. The molecule has 1 fully saturated rings. The van der Waals surface area contributed by atoms with E-state index in [1.807, 2.05) is 4.90 Å². The minimum Gasteiger partial charge on any atom is -0.338 e. The van der Waals surface area contributed by atoms with Crippen LogP contribution in [0.5, 0.6) is 0 Å².